The third-order valence-corrected chi connectivity index (χ3v) is 4.07. The smallest absolute Gasteiger partial charge is 0.272 e. The van der Waals surface area contributed by atoms with E-state index in [1.54, 1.807) is 6.92 Å². The number of hydrogen-bond acceptors (Lipinski definition) is 4. The largest absolute Gasteiger partial charge is 0.337 e. The van der Waals surface area contributed by atoms with E-state index < -0.39 is 0 Å². The zero-order chi connectivity index (χ0) is 16.1. The van der Waals surface area contributed by atoms with Gasteiger partial charge in [-0.3, -0.25) is 4.79 Å². The van der Waals surface area contributed by atoms with Crippen molar-refractivity contribution in [3.8, 4) is 0 Å². The second-order valence-corrected chi connectivity index (χ2v) is 5.78. The standard InChI is InChI=1S/C17H21N5O/c1-14-18-19-20-22(14)16(13-15-9-5-4-6-10-15)17(23)21-11-7-2-3-8-12-21/h4-6,9-10,13H,2-3,7-8,11-12H2,1H3/b16-13-. The molecule has 1 saturated heterocycles. The van der Waals surface area contributed by atoms with E-state index in [2.05, 4.69) is 15.5 Å². The molecular weight excluding hydrogens is 290 g/mol. The minimum Gasteiger partial charge on any atom is -0.337 e. The van der Waals surface area contributed by atoms with Crippen molar-refractivity contribution < 1.29 is 4.79 Å². The van der Waals surface area contributed by atoms with Gasteiger partial charge in [0.15, 0.2) is 5.82 Å². The Bertz CT molecular complexity index is 684. The van der Waals surface area contributed by atoms with E-state index in [1.807, 2.05) is 41.3 Å². The highest BCUT2D eigenvalue weighted by atomic mass is 16.2. The molecule has 0 aliphatic carbocycles. The van der Waals surface area contributed by atoms with Gasteiger partial charge in [0.1, 0.15) is 5.70 Å². The van der Waals surface area contributed by atoms with Crippen LogP contribution < -0.4 is 0 Å². The molecule has 0 spiro atoms. The molecule has 0 saturated carbocycles. The Balaban J connectivity index is 1.96. The predicted octanol–water partition coefficient (Wildman–Crippen LogP) is 2.38. The van der Waals surface area contributed by atoms with Crippen molar-refractivity contribution in [2.45, 2.75) is 32.6 Å². The van der Waals surface area contributed by atoms with Gasteiger partial charge in [-0.15, -0.1) is 5.10 Å². The lowest BCUT2D eigenvalue weighted by Gasteiger charge is -2.21. The number of benzene rings is 1. The fourth-order valence-corrected chi connectivity index (χ4v) is 2.81. The molecule has 0 atom stereocenters. The van der Waals surface area contributed by atoms with Crippen LogP contribution in [0.3, 0.4) is 0 Å². The zero-order valence-electron chi connectivity index (χ0n) is 13.4. The molecule has 3 rings (SSSR count). The van der Waals surface area contributed by atoms with Gasteiger partial charge in [-0.25, -0.2) is 0 Å². The average molecular weight is 311 g/mol. The van der Waals surface area contributed by atoms with Crippen LogP contribution in [0.25, 0.3) is 11.8 Å². The molecule has 1 aromatic heterocycles. The topological polar surface area (TPSA) is 63.9 Å². The highest BCUT2D eigenvalue weighted by Gasteiger charge is 2.23. The molecule has 0 radical (unpaired) electrons. The Kier molecular flexibility index (Phi) is 4.80. The highest BCUT2D eigenvalue weighted by Crippen LogP contribution is 2.18. The summed E-state index contributed by atoms with van der Waals surface area (Å²) in [6.07, 6.45) is 6.34. The molecule has 2 aromatic rings. The molecule has 1 fully saturated rings. The summed E-state index contributed by atoms with van der Waals surface area (Å²) in [5.74, 6) is 0.599. The summed E-state index contributed by atoms with van der Waals surface area (Å²) in [7, 11) is 0. The van der Waals surface area contributed by atoms with Crippen LogP contribution in [0.15, 0.2) is 30.3 Å². The Morgan fingerprint density at radius 1 is 1.09 bits per heavy atom. The number of carbonyl (C=O) groups is 1. The zero-order valence-corrected chi connectivity index (χ0v) is 13.4. The number of amides is 1. The molecule has 0 bridgehead atoms. The van der Waals surface area contributed by atoms with Gasteiger partial charge in [-0.05, 0) is 41.8 Å². The number of nitrogens with zero attached hydrogens (tertiary/aromatic N) is 5. The molecule has 0 unspecified atom stereocenters. The third-order valence-electron chi connectivity index (χ3n) is 4.07. The van der Waals surface area contributed by atoms with Crippen LogP contribution in [0, 0.1) is 6.92 Å². The Morgan fingerprint density at radius 3 is 2.39 bits per heavy atom. The van der Waals surface area contributed by atoms with Crippen LogP contribution in [0.4, 0.5) is 0 Å². The van der Waals surface area contributed by atoms with Gasteiger partial charge in [0.05, 0.1) is 0 Å². The summed E-state index contributed by atoms with van der Waals surface area (Å²) in [4.78, 5) is 15.0. The Morgan fingerprint density at radius 2 is 1.78 bits per heavy atom. The van der Waals surface area contributed by atoms with Crippen LogP contribution in [0.5, 0.6) is 0 Å². The lowest BCUT2D eigenvalue weighted by molar-refractivity contribution is -0.125. The van der Waals surface area contributed by atoms with Crippen LogP contribution in [-0.4, -0.2) is 44.1 Å². The summed E-state index contributed by atoms with van der Waals surface area (Å²) in [6.45, 7) is 3.40. The number of rotatable bonds is 3. The first-order valence-electron chi connectivity index (χ1n) is 8.07. The molecule has 23 heavy (non-hydrogen) atoms. The molecular formula is C17H21N5O. The van der Waals surface area contributed by atoms with E-state index in [9.17, 15) is 4.79 Å². The van der Waals surface area contributed by atoms with Gasteiger partial charge in [-0.2, -0.15) is 4.68 Å². The van der Waals surface area contributed by atoms with Gasteiger partial charge >= 0.3 is 0 Å². The van der Waals surface area contributed by atoms with E-state index in [4.69, 9.17) is 0 Å². The number of aryl methyl sites for hydroxylation is 1. The van der Waals surface area contributed by atoms with E-state index in [0.29, 0.717) is 11.5 Å². The quantitative estimate of drug-likeness (QED) is 0.816. The predicted molar refractivity (Wildman–Crippen MR) is 88.2 cm³/mol. The third kappa shape index (κ3) is 3.64. The summed E-state index contributed by atoms with van der Waals surface area (Å²) >= 11 is 0. The molecule has 6 heteroatoms. The molecule has 1 aliphatic heterocycles. The molecule has 120 valence electrons. The summed E-state index contributed by atoms with van der Waals surface area (Å²) in [5, 5.41) is 11.6. The first-order valence-corrected chi connectivity index (χ1v) is 8.07. The van der Waals surface area contributed by atoms with Crippen LogP contribution in [-0.2, 0) is 4.79 Å². The van der Waals surface area contributed by atoms with Crippen molar-refractivity contribution in [1.29, 1.82) is 0 Å². The second kappa shape index (κ2) is 7.17. The second-order valence-electron chi connectivity index (χ2n) is 5.78. The average Bonchev–Trinajstić information content (AvgIpc) is 2.84. The van der Waals surface area contributed by atoms with Crippen LogP contribution in [0.1, 0.15) is 37.1 Å². The normalized spacial score (nSPS) is 16.2. The SMILES string of the molecule is Cc1nnnn1/C(=C\c1ccccc1)C(=O)N1CCCCCC1. The molecule has 0 N–H and O–H groups in total. The van der Waals surface area contributed by atoms with Crippen molar-refractivity contribution in [3.63, 3.8) is 0 Å². The molecule has 1 amide bonds. The first kappa shape index (κ1) is 15.4. The van der Waals surface area contributed by atoms with Gasteiger partial charge in [0.25, 0.3) is 5.91 Å². The van der Waals surface area contributed by atoms with E-state index in [0.717, 1.165) is 31.5 Å². The maximum atomic E-state index is 13.0. The van der Waals surface area contributed by atoms with Gasteiger partial charge in [0, 0.05) is 13.1 Å². The number of likely N-dealkylation sites (tertiary alicyclic amines) is 1. The van der Waals surface area contributed by atoms with Gasteiger partial charge < -0.3 is 4.90 Å². The molecule has 1 aromatic carbocycles. The molecule has 1 aliphatic rings. The van der Waals surface area contributed by atoms with Crippen LogP contribution >= 0.6 is 0 Å². The van der Waals surface area contributed by atoms with Crippen LogP contribution in [0.2, 0.25) is 0 Å². The van der Waals surface area contributed by atoms with Gasteiger partial charge in [-0.1, -0.05) is 43.2 Å². The van der Waals surface area contributed by atoms with E-state index >= 15 is 0 Å². The number of tetrazole rings is 1. The lowest BCUT2D eigenvalue weighted by Crippen LogP contribution is -2.34. The van der Waals surface area contributed by atoms with Crippen molar-refractivity contribution in [1.82, 2.24) is 25.1 Å². The monoisotopic (exact) mass is 311 g/mol. The summed E-state index contributed by atoms with van der Waals surface area (Å²) < 4.78 is 1.53. The molecule has 6 nitrogen and oxygen atoms in total. The summed E-state index contributed by atoms with van der Waals surface area (Å²) in [5.41, 5.74) is 1.46. The maximum Gasteiger partial charge on any atom is 0.272 e. The minimum absolute atomic E-state index is 0.00819. The first-order chi connectivity index (χ1) is 11.3. The number of aromatic nitrogens is 4. The summed E-state index contributed by atoms with van der Waals surface area (Å²) in [6, 6.07) is 9.79. The fourth-order valence-electron chi connectivity index (χ4n) is 2.81. The van der Waals surface area contributed by atoms with Crippen molar-refractivity contribution in [2.75, 3.05) is 13.1 Å². The highest BCUT2D eigenvalue weighted by molar-refractivity contribution is 6.18. The number of carbonyl (C=O) groups excluding carboxylic acids is 1. The number of hydrogen-bond donors (Lipinski definition) is 0. The van der Waals surface area contributed by atoms with Gasteiger partial charge in [0.2, 0.25) is 0 Å². The molecule has 2 heterocycles. The van der Waals surface area contributed by atoms with Crippen molar-refractivity contribution in [3.05, 3.63) is 41.7 Å². The fraction of sp³-hybridized carbons (Fsp3) is 0.412. The van der Waals surface area contributed by atoms with Crippen molar-refractivity contribution in [2.24, 2.45) is 0 Å². The van der Waals surface area contributed by atoms with E-state index in [-0.39, 0.29) is 5.91 Å². The van der Waals surface area contributed by atoms with Crippen molar-refractivity contribution >= 4 is 17.7 Å². The minimum atomic E-state index is -0.00819. The maximum absolute atomic E-state index is 13.0. The Labute approximate surface area is 135 Å². The Hall–Kier alpha value is -2.50. The lowest BCUT2D eigenvalue weighted by atomic mass is 10.2. The van der Waals surface area contributed by atoms with E-state index in [1.165, 1.54) is 17.5 Å².